The van der Waals surface area contributed by atoms with Gasteiger partial charge in [-0.15, -0.1) is 10.2 Å². The molecular weight excluding hydrogens is 350 g/mol. The topological polar surface area (TPSA) is 63.5 Å². The van der Waals surface area contributed by atoms with Gasteiger partial charge in [0.2, 0.25) is 11.9 Å². The summed E-state index contributed by atoms with van der Waals surface area (Å²) in [4.78, 5) is 16.5. The van der Waals surface area contributed by atoms with Crippen molar-refractivity contribution >= 4 is 29.3 Å². The van der Waals surface area contributed by atoms with Gasteiger partial charge in [0.25, 0.3) is 0 Å². The number of hydrogen-bond acceptors (Lipinski definition) is 6. The lowest BCUT2D eigenvalue weighted by Crippen LogP contribution is -2.38. The molecule has 1 amide bonds. The van der Waals surface area contributed by atoms with Crippen LogP contribution in [-0.2, 0) is 9.53 Å². The number of amides is 1. The molecule has 1 saturated heterocycles. The highest BCUT2D eigenvalue weighted by atomic mass is 32.2. The van der Waals surface area contributed by atoms with Gasteiger partial charge < -0.3 is 14.5 Å². The Labute approximate surface area is 157 Å². The van der Waals surface area contributed by atoms with Crippen molar-refractivity contribution in [3.05, 3.63) is 30.3 Å². The number of aromatic nitrogens is 3. The predicted molar refractivity (Wildman–Crippen MR) is 102 cm³/mol. The molecule has 2 fully saturated rings. The van der Waals surface area contributed by atoms with E-state index < -0.39 is 0 Å². The van der Waals surface area contributed by atoms with Gasteiger partial charge in [-0.25, -0.2) is 0 Å². The molecule has 138 valence electrons. The van der Waals surface area contributed by atoms with E-state index in [9.17, 15) is 4.79 Å². The van der Waals surface area contributed by atoms with Crippen LogP contribution in [0.3, 0.4) is 0 Å². The standard InChI is InChI=1S/C18H23N5O2S/c1-21(14-5-3-2-4-6-14)16(24)13-26-18-20-19-17(23(18)15-7-8-15)22-9-11-25-12-10-22/h2-6,15H,7-13H2,1H3. The Hall–Kier alpha value is -2.06. The van der Waals surface area contributed by atoms with Crippen LogP contribution >= 0.6 is 11.8 Å². The number of carbonyl (C=O) groups is 1. The molecule has 8 heteroatoms. The van der Waals surface area contributed by atoms with Crippen LogP contribution in [0.25, 0.3) is 0 Å². The van der Waals surface area contributed by atoms with Crippen molar-refractivity contribution in [2.75, 3.05) is 48.9 Å². The molecule has 0 radical (unpaired) electrons. The molecule has 1 saturated carbocycles. The molecule has 0 unspecified atom stereocenters. The zero-order valence-electron chi connectivity index (χ0n) is 14.9. The van der Waals surface area contributed by atoms with E-state index in [-0.39, 0.29) is 5.91 Å². The lowest BCUT2D eigenvalue weighted by Gasteiger charge is -2.28. The van der Waals surface area contributed by atoms with Crippen LogP contribution in [0.1, 0.15) is 18.9 Å². The minimum absolute atomic E-state index is 0.0551. The summed E-state index contributed by atoms with van der Waals surface area (Å²) in [5.74, 6) is 1.32. The highest BCUT2D eigenvalue weighted by Crippen LogP contribution is 2.41. The molecule has 1 aliphatic heterocycles. The van der Waals surface area contributed by atoms with E-state index in [2.05, 4.69) is 19.7 Å². The maximum atomic E-state index is 12.5. The first-order chi connectivity index (χ1) is 12.7. The van der Waals surface area contributed by atoms with Crippen LogP contribution in [-0.4, -0.2) is 59.8 Å². The summed E-state index contributed by atoms with van der Waals surface area (Å²) in [6.07, 6.45) is 2.31. The Balaban J connectivity index is 1.45. The van der Waals surface area contributed by atoms with Crippen LogP contribution in [0, 0.1) is 0 Å². The summed E-state index contributed by atoms with van der Waals surface area (Å²) in [6.45, 7) is 3.12. The summed E-state index contributed by atoms with van der Waals surface area (Å²) < 4.78 is 7.65. The van der Waals surface area contributed by atoms with Crippen LogP contribution in [0.5, 0.6) is 0 Å². The summed E-state index contributed by atoms with van der Waals surface area (Å²) in [6, 6.07) is 10.2. The maximum Gasteiger partial charge on any atom is 0.237 e. The molecule has 0 N–H and O–H groups in total. The minimum Gasteiger partial charge on any atom is -0.378 e. The molecule has 1 aromatic heterocycles. The molecule has 7 nitrogen and oxygen atoms in total. The zero-order valence-corrected chi connectivity index (χ0v) is 15.7. The fourth-order valence-electron chi connectivity index (χ4n) is 3.02. The van der Waals surface area contributed by atoms with Gasteiger partial charge in [0, 0.05) is 31.9 Å². The largest absolute Gasteiger partial charge is 0.378 e. The van der Waals surface area contributed by atoms with Gasteiger partial charge in [-0.3, -0.25) is 9.36 Å². The second-order valence-electron chi connectivity index (χ2n) is 6.56. The number of morpholine rings is 1. The monoisotopic (exact) mass is 373 g/mol. The smallest absolute Gasteiger partial charge is 0.237 e. The fraction of sp³-hybridized carbons (Fsp3) is 0.500. The Morgan fingerprint density at radius 1 is 1.23 bits per heavy atom. The fourth-order valence-corrected chi connectivity index (χ4v) is 3.93. The second-order valence-corrected chi connectivity index (χ2v) is 7.50. The number of rotatable bonds is 6. The predicted octanol–water partition coefficient (Wildman–Crippen LogP) is 2.20. The lowest BCUT2D eigenvalue weighted by atomic mass is 10.3. The molecular formula is C18H23N5O2S. The number of anilines is 2. The summed E-state index contributed by atoms with van der Waals surface area (Å²) in [5, 5.41) is 9.64. The number of nitrogens with zero attached hydrogens (tertiary/aromatic N) is 5. The zero-order chi connectivity index (χ0) is 17.9. The first-order valence-electron chi connectivity index (χ1n) is 8.96. The van der Waals surface area contributed by atoms with Crippen molar-refractivity contribution in [2.24, 2.45) is 0 Å². The molecule has 2 aromatic rings. The maximum absolute atomic E-state index is 12.5. The molecule has 1 aromatic carbocycles. The van der Waals surface area contributed by atoms with Crippen molar-refractivity contribution in [1.29, 1.82) is 0 Å². The summed E-state index contributed by atoms with van der Waals surface area (Å²) in [7, 11) is 1.81. The molecule has 0 atom stereocenters. The van der Waals surface area contributed by atoms with E-state index in [4.69, 9.17) is 4.74 Å². The SMILES string of the molecule is CN(C(=O)CSc1nnc(N2CCOCC2)n1C1CC1)c1ccccc1. The minimum atomic E-state index is 0.0551. The Morgan fingerprint density at radius 3 is 2.65 bits per heavy atom. The van der Waals surface area contributed by atoms with Gasteiger partial charge in [0.05, 0.1) is 19.0 Å². The van der Waals surface area contributed by atoms with Crippen molar-refractivity contribution in [1.82, 2.24) is 14.8 Å². The molecule has 2 heterocycles. The van der Waals surface area contributed by atoms with Crippen molar-refractivity contribution in [2.45, 2.75) is 24.0 Å². The quantitative estimate of drug-likeness (QED) is 0.724. The highest BCUT2D eigenvalue weighted by Gasteiger charge is 2.32. The Bertz CT molecular complexity index is 756. The third-order valence-electron chi connectivity index (χ3n) is 4.69. The number of para-hydroxylation sites is 1. The van der Waals surface area contributed by atoms with Gasteiger partial charge in [0.1, 0.15) is 0 Å². The third kappa shape index (κ3) is 3.71. The van der Waals surface area contributed by atoms with E-state index in [1.165, 1.54) is 11.8 Å². The highest BCUT2D eigenvalue weighted by molar-refractivity contribution is 7.99. The normalized spacial score (nSPS) is 17.3. The molecule has 2 aliphatic rings. The first-order valence-corrected chi connectivity index (χ1v) is 9.94. The van der Waals surface area contributed by atoms with Gasteiger partial charge >= 0.3 is 0 Å². The summed E-state index contributed by atoms with van der Waals surface area (Å²) >= 11 is 1.47. The van der Waals surface area contributed by atoms with Crippen LogP contribution in [0.15, 0.2) is 35.5 Å². The van der Waals surface area contributed by atoms with Gasteiger partial charge in [-0.1, -0.05) is 30.0 Å². The van der Waals surface area contributed by atoms with E-state index in [0.717, 1.165) is 55.9 Å². The number of carbonyl (C=O) groups excluding carboxylic acids is 1. The lowest BCUT2D eigenvalue weighted by molar-refractivity contribution is -0.115. The first kappa shape index (κ1) is 17.4. The molecule has 0 bridgehead atoms. The Kier molecular flexibility index (Phi) is 5.12. The van der Waals surface area contributed by atoms with Crippen molar-refractivity contribution in [3.8, 4) is 0 Å². The van der Waals surface area contributed by atoms with E-state index in [0.29, 0.717) is 11.8 Å². The third-order valence-corrected chi connectivity index (χ3v) is 5.62. The van der Waals surface area contributed by atoms with E-state index in [1.807, 2.05) is 37.4 Å². The number of thioether (sulfide) groups is 1. The van der Waals surface area contributed by atoms with E-state index >= 15 is 0 Å². The number of benzene rings is 1. The van der Waals surface area contributed by atoms with Crippen LogP contribution < -0.4 is 9.80 Å². The molecule has 1 aliphatic carbocycles. The van der Waals surface area contributed by atoms with Crippen LogP contribution in [0.4, 0.5) is 11.6 Å². The molecule has 0 spiro atoms. The average molecular weight is 373 g/mol. The second kappa shape index (κ2) is 7.67. The van der Waals surface area contributed by atoms with Gasteiger partial charge in [-0.05, 0) is 25.0 Å². The Morgan fingerprint density at radius 2 is 1.96 bits per heavy atom. The van der Waals surface area contributed by atoms with Crippen LogP contribution in [0.2, 0.25) is 0 Å². The van der Waals surface area contributed by atoms with Gasteiger partial charge in [0.15, 0.2) is 5.16 Å². The van der Waals surface area contributed by atoms with Gasteiger partial charge in [-0.2, -0.15) is 0 Å². The van der Waals surface area contributed by atoms with Crippen molar-refractivity contribution in [3.63, 3.8) is 0 Å². The summed E-state index contributed by atoms with van der Waals surface area (Å²) in [5.41, 5.74) is 0.899. The number of hydrogen-bond donors (Lipinski definition) is 0. The molecule has 26 heavy (non-hydrogen) atoms. The number of ether oxygens (including phenoxy) is 1. The van der Waals surface area contributed by atoms with Crippen molar-refractivity contribution < 1.29 is 9.53 Å². The average Bonchev–Trinajstić information content (AvgIpc) is 3.45. The molecule has 4 rings (SSSR count). The van der Waals surface area contributed by atoms with E-state index in [1.54, 1.807) is 4.90 Å².